The number of halogens is 1. The highest BCUT2D eigenvalue weighted by Crippen LogP contribution is 2.33. The molecule has 0 saturated heterocycles. The lowest BCUT2D eigenvalue weighted by Gasteiger charge is -2.14. The number of nitrogens with zero attached hydrogens (tertiary/aromatic N) is 1. The number of hydrogen-bond acceptors (Lipinski definition) is 4. The van der Waals surface area contributed by atoms with Gasteiger partial charge in [0.1, 0.15) is 11.6 Å². The summed E-state index contributed by atoms with van der Waals surface area (Å²) >= 11 is 0. The predicted molar refractivity (Wildman–Crippen MR) is 90.9 cm³/mol. The summed E-state index contributed by atoms with van der Waals surface area (Å²) in [7, 11) is 0. The third-order valence-corrected chi connectivity index (χ3v) is 3.57. The van der Waals surface area contributed by atoms with Crippen LogP contribution < -0.4 is 0 Å². The molecule has 5 heteroatoms. The molecule has 0 amide bonds. The molecule has 25 heavy (non-hydrogen) atoms. The van der Waals surface area contributed by atoms with Gasteiger partial charge in [-0.3, -0.25) is 4.98 Å². The Balaban J connectivity index is 2.20. The molecule has 3 aromatic rings. The van der Waals surface area contributed by atoms with Gasteiger partial charge in [0.25, 0.3) is 0 Å². The van der Waals surface area contributed by atoms with E-state index in [1.807, 2.05) is 0 Å². The second-order valence-electron chi connectivity index (χ2n) is 5.33. The first-order valence-corrected chi connectivity index (χ1v) is 7.45. The fraction of sp³-hybridized carbons (Fsp3) is 0.0500. The normalized spacial score (nSPS) is 10.4. The number of phenols is 1. The largest absolute Gasteiger partial charge is 0.508 e. The number of aromatic hydroxyl groups is 1. The van der Waals surface area contributed by atoms with Crippen LogP contribution in [0.5, 0.6) is 5.75 Å². The smallest absolute Gasteiger partial charge is 0.179 e. The molecule has 0 aliphatic rings. The minimum atomic E-state index is -1.76. The summed E-state index contributed by atoms with van der Waals surface area (Å²) in [5.41, 5.74) is 2.05. The molecular formula is C20H14FNO3. The highest BCUT2D eigenvalue weighted by Gasteiger charge is 2.16. The maximum atomic E-state index is 13.7. The summed E-state index contributed by atoms with van der Waals surface area (Å²) in [5.74, 6) is 5.02. The van der Waals surface area contributed by atoms with Crippen molar-refractivity contribution < 1.29 is 19.7 Å². The van der Waals surface area contributed by atoms with E-state index >= 15 is 0 Å². The van der Waals surface area contributed by atoms with Gasteiger partial charge < -0.3 is 15.3 Å². The molecule has 0 atom stereocenters. The van der Waals surface area contributed by atoms with Crippen molar-refractivity contribution >= 4 is 0 Å². The molecule has 3 N–H and O–H groups in total. The van der Waals surface area contributed by atoms with Crippen molar-refractivity contribution in [1.82, 2.24) is 4.98 Å². The van der Waals surface area contributed by atoms with E-state index in [0.29, 0.717) is 16.7 Å². The fourth-order valence-corrected chi connectivity index (χ4v) is 2.50. The Morgan fingerprint density at radius 1 is 0.960 bits per heavy atom. The van der Waals surface area contributed by atoms with E-state index < -0.39 is 12.1 Å². The van der Waals surface area contributed by atoms with Crippen molar-refractivity contribution in [2.24, 2.45) is 0 Å². The molecule has 0 spiro atoms. The van der Waals surface area contributed by atoms with E-state index in [1.54, 1.807) is 36.7 Å². The van der Waals surface area contributed by atoms with Gasteiger partial charge in [0.2, 0.25) is 0 Å². The van der Waals surface area contributed by atoms with Crippen LogP contribution in [0.1, 0.15) is 23.0 Å². The lowest BCUT2D eigenvalue weighted by molar-refractivity contribution is -0.0420. The second-order valence-corrected chi connectivity index (χ2v) is 5.33. The fourth-order valence-electron chi connectivity index (χ4n) is 2.50. The number of aromatic nitrogens is 1. The molecule has 0 fully saturated rings. The highest BCUT2D eigenvalue weighted by atomic mass is 19.1. The molecule has 2 aromatic carbocycles. The highest BCUT2D eigenvalue weighted by molar-refractivity contribution is 5.76. The molecule has 0 radical (unpaired) electrons. The molecule has 0 unspecified atom stereocenters. The van der Waals surface area contributed by atoms with Crippen LogP contribution in [0.4, 0.5) is 4.39 Å². The lowest BCUT2D eigenvalue weighted by Crippen LogP contribution is -2.00. The SMILES string of the molecule is Oc1cc(F)cc(-c2c(C#Cc3ccncc3)cccc2C(O)O)c1. The summed E-state index contributed by atoms with van der Waals surface area (Å²) in [4.78, 5) is 3.92. The minimum absolute atomic E-state index is 0.173. The first-order chi connectivity index (χ1) is 12.0. The van der Waals surface area contributed by atoms with Gasteiger partial charge in [-0.15, -0.1) is 0 Å². The molecule has 0 aliphatic carbocycles. The zero-order valence-electron chi connectivity index (χ0n) is 13.0. The quantitative estimate of drug-likeness (QED) is 0.497. The van der Waals surface area contributed by atoms with E-state index in [1.165, 1.54) is 18.2 Å². The van der Waals surface area contributed by atoms with Crippen LogP contribution >= 0.6 is 0 Å². The molecule has 1 aromatic heterocycles. The average Bonchev–Trinajstić information content (AvgIpc) is 2.59. The van der Waals surface area contributed by atoms with Gasteiger partial charge in [0.05, 0.1) is 0 Å². The Morgan fingerprint density at radius 2 is 1.72 bits per heavy atom. The van der Waals surface area contributed by atoms with Crippen molar-refractivity contribution in [3.8, 4) is 28.7 Å². The van der Waals surface area contributed by atoms with Gasteiger partial charge in [-0.2, -0.15) is 0 Å². The minimum Gasteiger partial charge on any atom is -0.508 e. The molecule has 0 aliphatic heterocycles. The molecule has 124 valence electrons. The standard InChI is InChI=1S/C20H14FNO3/c21-16-10-15(11-17(23)12-16)19-14(2-1-3-18(19)20(24)25)5-4-13-6-8-22-9-7-13/h1-3,6-12,20,23-25H. The monoisotopic (exact) mass is 335 g/mol. The number of aliphatic hydroxyl groups is 2. The Bertz CT molecular complexity index is 939. The number of phenolic OH excluding ortho intramolecular Hbond substituents is 1. The maximum Gasteiger partial charge on any atom is 0.179 e. The van der Waals surface area contributed by atoms with Crippen LogP contribution in [0, 0.1) is 17.7 Å². The number of rotatable bonds is 2. The zero-order chi connectivity index (χ0) is 17.8. The van der Waals surface area contributed by atoms with Gasteiger partial charge in [-0.05, 0) is 35.9 Å². The predicted octanol–water partition coefficient (Wildman–Crippen LogP) is 2.98. The summed E-state index contributed by atoms with van der Waals surface area (Å²) in [5, 5.41) is 29.0. The Labute approximate surface area is 143 Å². The number of aliphatic hydroxyl groups excluding tert-OH is 1. The molecule has 3 rings (SSSR count). The van der Waals surface area contributed by atoms with Crippen molar-refractivity contribution in [2.45, 2.75) is 6.29 Å². The lowest BCUT2D eigenvalue weighted by atomic mass is 9.93. The van der Waals surface area contributed by atoms with Gasteiger partial charge in [-0.25, -0.2) is 4.39 Å². The average molecular weight is 335 g/mol. The molecule has 4 nitrogen and oxygen atoms in total. The van der Waals surface area contributed by atoms with Gasteiger partial charge in [-0.1, -0.05) is 24.0 Å². The van der Waals surface area contributed by atoms with Crippen molar-refractivity contribution in [2.75, 3.05) is 0 Å². The van der Waals surface area contributed by atoms with E-state index in [0.717, 1.165) is 11.6 Å². The van der Waals surface area contributed by atoms with Crippen LogP contribution in [-0.4, -0.2) is 20.3 Å². The van der Waals surface area contributed by atoms with Crippen molar-refractivity contribution in [3.63, 3.8) is 0 Å². The number of hydrogen-bond donors (Lipinski definition) is 3. The number of benzene rings is 2. The molecular weight excluding hydrogens is 321 g/mol. The van der Waals surface area contributed by atoms with E-state index in [2.05, 4.69) is 16.8 Å². The van der Waals surface area contributed by atoms with Crippen LogP contribution in [-0.2, 0) is 0 Å². The van der Waals surface area contributed by atoms with Crippen LogP contribution in [0.2, 0.25) is 0 Å². The van der Waals surface area contributed by atoms with Crippen LogP contribution in [0.15, 0.2) is 60.9 Å². The molecule has 0 bridgehead atoms. The van der Waals surface area contributed by atoms with Crippen LogP contribution in [0.25, 0.3) is 11.1 Å². The summed E-state index contributed by atoms with van der Waals surface area (Å²) in [6, 6.07) is 11.9. The van der Waals surface area contributed by atoms with Gasteiger partial charge >= 0.3 is 0 Å². The number of pyridine rings is 1. The molecule has 1 heterocycles. The second kappa shape index (κ2) is 7.14. The van der Waals surface area contributed by atoms with Crippen LogP contribution in [0.3, 0.4) is 0 Å². The topological polar surface area (TPSA) is 73.6 Å². The van der Waals surface area contributed by atoms with E-state index in [9.17, 15) is 19.7 Å². The molecule has 0 saturated carbocycles. The third kappa shape index (κ3) is 3.83. The Kier molecular flexibility index (Phi) is 4.75. The first-order valence-electron chi connectivity index (χ1n) is 7.45. The Hall–Kier alpha value is -3.20. The maximum absolute atomic E-state index is 13.7. The van der Waals surface area contributed by atoms with E-state index in [-0.39, 0.29) is 11.3 Å². The van der Waals surface area contributed by atoms with Gasteiger partial charge in [0.15, 0.2) is 6.29 Å². The zero-order valence-corrected chi connectivity index (χ0v) is 13.0. The van der Waals surface area contributed by atoms with Gasteiger partial charge in [0, 0.05) is 40.7 Å². The first kappa shape index (κ1) is 16.7. The Morgan fingerprint density at radius 3 is 2.40 bits per heavy atom. The third-order valence-electron chi connectivity index (χ3n) is 3.57. The summed E-state index contributed by atoms with van der Waals surface area (Å²) in [6.07, 6.45) is 1.47. The summed E-state index contributed by atoms with van der Waals surface area (Å²) < 4.78 is 13.7. The summed E-state index contributed by atoms with van der Waals surface area (Å²) in [6.45, 7) is 0. The van der Waals surface area contributed by atoms with Crippen molar-refractivity contribution in [3.05, 3.63) is 83.4 Å². The van der Waals surface area contributed by atoms with E-state index in [4.69, 9.17) is 0 Å². The van der Waals surface area contributed by atoms with Crippen molar-refractivity contribution in [1.29, 1.82) is 0 Å².